The Balaban J connectivity index is 1.95. The molecule has 5 nitrogen and oxygen atoms in total. The fourth-order valence-corrected chi connectivity index (χ4v) is 4.79. The van der Waals surface area contributed by atoms with Gasteiger partial charge in [-0.3, -0.25) is 14.2 Å². The fourth-order valence-electron chi connectivity index (χ4n) is 3.74. The van der Waals surface area contributed by atoms with Gasteiger partial charge in [-0.2, -0.15) is 0 Å². The summed E-state index contributed by atoms with van der Waals surface area (Å²) in [7, 11) is 3.96. The molecule has 6 heteroatoms. The molecule has 0 amide bonds. The molecule has 2 aromatic carbocycles. The highest BCUT2D eigenvalue weighted by atomic mass is 32.1. The van der Waals surface area contributed by atoms with Crippen molar-refractivity contribution < 1.29 is 4.79 Å². The lowest BCUT2D eigenvalue weighted by atomic mass is 9.93. The van der Waals surface area contributed by atoms with Crippen LogP contribution in [0.3, 0.4) is 0 Å². The van der Waals surface area contributed by atoms with E-state index >= 15 is 0 Å². The minimum atomic E-state index is -0.479. The molecule has 0 unspecified atom stereocenters. The zero-order chi connectivity index (χ0) is 21.4. The van der Waals surface area contributed by atoms with Crippen molar-refractivity contribution in [2.45, 2.75) is 19.9 Å². The molecule has 0 fully saturated rings. The second-order valence-corrected chi connectivity index (χ2v) is 8.54. The molecular formula is C24H23N3O2S. The Bertz CT molecular complexity index is 1310. The van der Waals surface area contributed by atoms with E-state index in [1.807, 2.05) is 86.6 Å². The molecule has 4 rings (SSSR count). The Kier molecular flexibility index (Phi) is 5.26. The van der Waals surface area contributed by atoms with Crippen molar-refractivity contribution in [2.24, 2.45) is 4.99 Å². The lowest BCUT2D eigenvalue weighted by molar-refractivity contribution is -0.114. The second-order valence-electron chi connectivity index (χ2n) is 7.53. The Hall–Kier alpha value is -3.25. The molecule has 152 valence electrons. The molecule has 0 radical (unpaired) electrons. The molecule has 1 atom stereocenters. The molecule has 30 heavy (non-hydrogen) atoms. The summed E-state index contributed by atoms with van der Waals surface area (Å²) in [5.41, 5.74) is 4.00. The van der Waals surface area contributed by atoms with Gasteiger partial charge in [0.15, 0.2) is 10.6 Å². The highest BCUT2D eigenvalue weighted by Crippen LogP contribution is 2.31. The van der Waals surface area contributed by atoms with Crippen molar-refractivity contribution in [3.05, 3.63) is 96.7 Å². The number of hydrogen-bond donors (Lipinski definition) is 0. The molecule has 0 bridgehead atoms. The van der Waals surface area contributed by atoms with Gasteiger partial charge < -0.3 is 4.90 Å². The molecule has 0 aliphatic carbocycles. The summed E-state index contributed by atoms with van der Waals surface area (Å²) < 4.78 is 2.26. The van der Waals surface area contributed by atoms with Crippen LogP contribution in [0.1, 0.15) is 31.0 Å². The maximum absolute atomic E-state index is 13.4. The van der Waals surface area contributed by atoms with Crippen LogP contribution in [0.4, 0.5) is 5.69 Å². The van der Waals surface area contributed by atoms with Gasteiger partial charge in [0.1, 0.15) is 0 Å². The molecule has 3 aromatic rings. The first-order valence-corrected chi connectivity index (χ1v) is 10.5. The number of thiazole rings is 1. The first-order valence-electron chi connectivity index (χ1n) is 9.72. The summed E-state index contributed by atoms with van der Waals surface area (Å²) in [5.74, 6) is -0.0738. The minimum absolute atomic E-state index is 0.0738. The van der Waals surface area contributed by atoms with Crippen LogP contribution in [0, 0.1) is 0 Å². The number of Topliss-reactive ketones (excluding diaryl/α,β-unsaturated/α-hetero) is 1. The van der Waals surface area contributed by atoms with Crippen molar-refractivity contribution in [1.82, 2.24) is 4.57 Å². The summed E-state index contributed by atoms with van der Waals surface area (Å²) in [6.45, 7) is 3.38. The second kappa shape index (κ2) is 7.88. The number of carbonyl (C=O) groups is 1. The number of ketones is 1. The van der Waals surface area contributed by atoms with Gasteiger partial charge >= 0.3 is 0 Å². The maximum Gasteiger partial charge on any atom is 0.271 e. The van der Waals surface area contributed by atoms with E-state index in [9.17, 15) is 9.59 Å². The van der Waals surface area contributed by atoms with Crippen molar-refractivity contribution in [3.63, 3.8) is 0 Å². The average Bonchev–Trinajstić information content (AvgIpc) is 3.02. The van der Waals surface area contributed by atoms with Crippen molar-refractivity contribution in [2.75, 3.05) is 19.0 Å². The molecular weight excluding hydrogens is 394 g/mol. The Morgan fingerprint density at radius 3 is 2.37 bits per heavy atom. The normalized spacial score (nSPS) is 16.3. The largest absolute Gasteiger partial charge is 0.378 e. The highest BCUT2D eigenvalue weighted by molar-refractivity contribution is 7.07. The van der Waals surface area contributed by atoms with E-state index in [4.69, 9.17) is 0 Å². The number of carbonyl (C=O) groups excluding carboxylic acids is 1. The van der Waals surface area contributed by atoms with Gasteiger partial charge in [-0.25, -0.2) is 4.99 Å². The number of nitrogens with zero attached hydrogens (tertiary/aromatic N) is 3. The van der Waals surface area contributed by atoms with Crippen LogP contribution in [0.5, 0.6) is 0 Å². The predicted octanol–water partition coefficient (Wildman–Crippen LogP) is 2.89. The summed E-state index contributed by atoms with van der Waals surface area (Å²) in [6.07, 6.45) is 1.88. The standard InChI is InChI=1S/C24H23N3O2S/c1-15-21(16(2)28)22(18-10-12-19(13-11-18)26(3)4)27-23(29)20(30-24(27)25-15)14-17-8-6-5-7-9-17/h5-14,22H,1-4H3/b20-14+/t22-/m1/s1. The number of hydrogen-bond acceptors (Lipinski definition) is 5. The molecule has 0 spiro atoms. The number of fused-ring (bicyclic) bond motifs is 1. The van der Waals surface area contributed by atoms with Gasteiger partial charge in [0.05, 0.1) is 10.6 Å². The van der Waals surface area contributed by atoms with Gasteiger partial charge in [-0.05, 0) is 43.2 Å². The third-order valence-electron chi connectivity index (χ3n) is 5.22. The maximum atomic E-state index is 13.4. The van der Waals surface area contributed by atoms with E-state index in [1.54, 1.807) is 4.57 Å². The van der Waals surface area contributed by atoms with Crippen molar-refractivity contribution in [1.29, 1.82) is 0 Å². The van der Waals surface area contributed by atoms with Gasteiger partial charge in [0, 0.05) is 31.1 Å². The van der Waals surface area contributed by atoms with Crippen molar-refractivity contribution >= 4 is 28.9 Å². The predicted molar refractivity (Wildman–Crippen MR) is 122 cm³/mol. The summed E-state index contributed by atoms with van der Waals surface area (Å²) in [4.78, 5) is 33.2. The van der Waals surface area contributed by atoms with E-state index in [0.717, 1.165) is 16.8 Å². The minimum Gasteiger partial charge on any atom is -0.378 e. The van der Waals surface area contributed by atoms with Crippen molar-refractivity contribution in [3.8, 4) is 0 Å². The Labute approximate surface area is 178 Å². The first kappa shape index (κ1) is 20.0. The van der Waals surface area contributed by atoms with E-state index < -0.39 is 6.04 Å². The van der Waals surface area contributed by atoms with Crippen LogP contribution < -0.4 is 19.8 Å². The summed E-state index contributed by atoms with van der Waals surface area (Å²) in [5, 5.41) is 0. The van der Waals surface area contributed by atoms with E-state index in [2.05, 4.69) is 4.99 Å². The zero-order valence-corrected chi connectivity index (χ0v) is 18.2. The van der Waals surface area contributed by atoms with E-state index in [1.165, 1.54) is 18.3 Å². The van der Waals surface area contributed by atoms with Gasteiger partial charge in [0.25, 0.3) is 5.56 Å². The van der Waals surface area contributed by atoms with Gasteiger partial charge in [0.2, 0.25) is 0 Å². The van der Waals surface area contributed by atoms with Crippen LogP contribution in [0.15, 0.2) is 75.7 Å². The fraction of sp³-hybridized carbons (Fsp3) is 0.208. The molecule has 0 saturated heterocycles. The number of benzene rings is 2. The zero-order valence-electron chi connectivity index (χ0n) is 17.4. The average molecular weight is 418 g/mol. The van der Waals surface area contributed by atoms with Crippen LogP contribution in [0.2, 0.25) is 0 Å². The molecule has 1 aliphatic rings. The third kappa shape index (κ3) is 3.55. The number of allylic oxidation sites excluding steroid dienone is 2. The number of anilines is 1. The SMILES string of the molecule is CC(=O)C1=C(C)N=c2s/c(=C/c3ccccc3)c(=O)n2[C@@H]1c1ccc(N(C)C)cc1. The first-order chi connectivity index (χ1) is 14.4. The lowest BCUT2D eigenvalue weighted by Crippen LogP contribution is -2.39. The molecule has 0 saturated carbocycles. The Morgan fingerprint density at radius 1 is 1.10 bits per heavy atom. The molecule has 1 aromatic heterocycles. The van der Waals surface area contributed by atoms with Crippen LogP contribution >= 0.6 is 11.3 Å². The lowest BCUT2D eigenvalue weighted by Gasteiger charge is -2.25. The van der Waals surface area contributed by atoms with E-state index in [0.29, 0.717) is 20.6 Å². The quantitative estimate of drug-likeness (QED) is 0.656. The molecule has 0 N–H and O–H groups in total. The van der Waals surface area contributed by atoms with Crippen LogP contribution in [-0.2, 0) is 4.79 Å². The third-order valence-corrected chi connectivity index (χ3v) is 6.21. The highest BCUT2D eigenvalue weighted by Gasteiger charge is 2.30. The smallest absolute Gasteiger partial charge is 0.271 e. The van der Waals surface area contributed by atoms with Crippen LogP contribution in [0.25, 0.3) is 6.08 Å². The summed E-state index contributed by atoms with van der Waals surface area (Å²) >= 11 is 1.36. The molecule has 2 heterocycles. The Morgan fingerprint density at radius 2 is 1.77 bits per heavy atom. The van der Waals surface area contributed by atoms with E-state index in [-0.39, 0.29) is 11.3 Å². The monoisotopic (exact) mass is 417 g/mol. The van der Waals surface area contributed by atoms with Crippen LogP contribution in [-0.4, -0.2) is 24.4 Å². The van der Waals surface area contributed by atoms with Gasteiger partial charge in [-0.15, -0.1) is 0 Å². The summed E-state index contributed by atoms with van der Waals surface area (Å²) in [6, 6.07) is 17.2. The number of rotatable bonds is 4. The molecule has 1 aliphatic heterocycles. The number of aromatic nitrogens is 1. The topological polar surface area (TPSA) is 54.7 Å². The van der Waals surface area contributed by atoms with Gasteiger partial charge in [-0.1, -0.05) is 53.8 Å².